The second kappa shape index (κ2) is 13.5. The molecule has 2 aromatic rings. The van der Waals surface area contributed by atoms with Crippen LogP contribution in [0.15, 0.2) is 48.5 Å². The highest BCUT2D eigenvalue weighted by atomic mass is 19.1. The van der Waals surface area contributed by atoms with Crippen LogP contribution in [0.25, 0.3) is 6.08 Å². The first-order valence-electron chi connectivity index (χ1n) is 10.7. The van der Waals surface area contributed by atoms with Crippen LogP contribution < -0.4 is 14.4 Å². The minimum absolute atomic E-state index is 0.0805. The number of benzene rings is 2. The summed E-state index contributed by atoms with van der Waals surface area (Å²) in [5.41, 5.74) is 1.12. The standard InChI is InChI=1S/C25H27FN2O5/c1-3-16-32-22-12-6-19(17-23(22)31-4-2)7-13-25(30)33-18-24(29)28(15-5-14-27)21-10-8-20(26)9-11-21/h6-13,17H,3-5,15-16,18H2,1-2H3/b13-7+. The summed E-state index contributed by atoms with van der Waals surface area (Å²) in [7, 11) is 0. The summed E-state index contributed by atoms with van der Waals surface area (Å²) < 4.78 is 29.5. The second-order valence-corrected chi connectivity index (χ2v) is 6.86. The van der Waals surface area contributed by atoms with E-state index >= 15 is 0 Å². The molecule has 0 aliphatic heterocycles. The van der Waals surface area contributed by atoms with Crippen molar-refractivity contribution in [2.75, 3.05) is 31.3 Å². The van der Waals surface area contributed by atoms with E-state index in [0.29, 0.717) is 36.0 Å². The van der Waals surface area contributed by atoms with E-state index in [1.807, 2.05) is 19.9 Å². The van der Waals surface area contributed by atoms with Crippen LogP contribution in [0.5, 0.6) is 11.5 Å². The van der Waals surface area contributed by atoms with Crippen molar-refractivity contribution in [2.24, 2.45) is 0 Å². The number of hydrogen-bond donors (Lipinski definition) is 0. The minimum atomic E-state index is -0.702. The number of ether oxygens (including phenoxy) is 3. The molecule has 0 saturated heterocycles. The smallest absolute Gasteiger partial charge is 0.331 e. The molecular formula is C25H27FN2O5. The van der Waals surface area contributed by atoms with E-state index < -0.39 is 24.3 Å². The normalized spacial score (nSPS) is 10.5. The zero-order chi connectivity index (χ0) is 24.1. The Bertz CT molecular complexity index is 999. The summed E-state index contributed by atoms with van der Waals surface area (Å²) in [6.45, 7) is 4.50. The monoisotopic (exact) mass is 454 g/mol. The lowest BCUT2D eigenvalue weighted by molar-refractivity contribution is -0.142. The zero-order valence-corrected chi connectivity index (χ0v) is 18.8. The average Bonchev–Trinajstić information content (AvgIpc) is 2.82. The van der Waals surface area contributed by atoms with Gasteiger partial charge in [0, 0.05) is 18.3 Å². The van der Waals surface area contributed by atoms with Gasteiger partial charge in [0.1, 0.15) is 5.82 Å². The Morgan fingerprint density at radius 2 is 1.85 bits per heavy atom. The van der Waals surface area contributed by atoms with Gasteiger partial charge in [0.05, 0.1) is 25.7 Å². The molecule has 7 nitrogen and oxygen atoms in total. The summed E-state index contributed by atoms with van der Waals surface area (Å²) in [5.74, 6) is -0.464. The predicted octanol–water partition coefficient (Wildman–Crippen LogP) is 4.52. The average molecular weight is 454 g/mol. The van der Waals surface area contributed by atoms with Crippen molar-refractivity contribution in [1.82, 2.24) is 0 Å². The summed E-state index contributed by atoms with van der Waals surface area (Å²) in [5, 5.41) is 8.84. The van der Waals surface area contributed by atoms with Crippen molar-refractivity contribution in [3.05, 3.63) is 59.9 Å². The largest absolute Gasteiger partial charge is 0.490 e. The van der Waals surface area contributed by atoms with Gasteiger partial charge in [-0.1, -0.05) is 13.0 Å². The van der Waals surface area contributed by atoms with Crippen LogP contribution >= 0.6 is 0 Å². The van der Waals surface area contributed by atoms with Crippen molar-refractivity contribution in [2.45, 2.75) is 26.7 Å². The third-order valence-corrected chi connectivity index (χ3v) is 4.37. The number of amides is 1. The highest BCUT2D eigenvalue weighted by Gasteiger charge is 2.17. The molecule has 0 N–H and O–H groups in total. The number of carbonyl (C=O) groups excluding carboxylic acids is 2. The summed E-state index contributed by atoms with van der Waals surface area (Å²) in [4.78, 5) is 25.9. The van der Waals surface area contributed by atoms with Crippen LogP contribution in [0.3, 0.4) is 0 Å². The summed E-state index contributed by atoms with van der Waals surface area (Å²) in [6.07, 6.45) is 3.71. The molecule has 0 spiro atoms. The van der Waals surface area contributed by atoms with Crippen molar-refractivity contribution in [1.29, 1.82) is 5.26 Å². The molecule has 0 unspecified atom stereocenters. The molecule has 0 aliphatic carbocycles. The molecule has 33 heavy (non-hydrogen) atoms. The van der Waals surface area contributed by atoms with E-state index in [9.17, 15) is 14.0 Å². The zero-order valence-electron chi connectivity index (χ0n) is 18.8. The second-order valence-electron chi connectivity index (χ2n) is 6.86. The van der Waals surface area contributed by atoms with Crippen LogP contribution in [0.2, 0.25) is 0 Å². The maximum atomic E-state index is 13.2. The van der Waals surface area contributed by atoms with Gasteiger partial charge in [-0.15, -0.1) is 0 Å². The fourth-order valence-corrected chi connectivity index (χ4v) is 2.83. The molecule has 0 heterocycles. The highest BCUT2D eigenvalue weighted by molar-refractivity contribution is 5.96. The molecule has 0 atom stereocenters. The Morgan fingerprint density at radius 1 is 1.09 bits per heavy atom. The quantitative estimate of drug-likeness (QED) is 0.346. The number of rotatable bonds is 12. The van der Waals surface area contributed by atoms with Gasteiger partial charge in [-0.05, 0) is 61.4 Å². The van der Waals surface area contributed by atoms with Gasteiger partial charge in [-0.25, -0.2) is 9.18 Å². The summed E-state index contributed by atoms with van der Waals surface area (Å²) >= 11 is 0. The fraction of sp³-hybridized carbons (Fsp3) is 0.320. The first-order chi connectivity index (χ1) is 16.0. The molecule has 1 amide bonds. The van der Waals surface area contributed by atoms with Crippen LogP contribution in [-0.4, -0.2) is 38.2 Å². The number of nitrogens with zero attached hydrogens (tertiary/aromatic N) is 2. The molecule has 8 heteroatoms. The van der Waals surface area contributed by atoms with Crippen molar-refractivity contribution >= 4 is 23.6 Å². The van der Waals surface area contributed by atoms with E-state index in [1.54, 1.807) is 24.3 Å². The first-order valence-corrected chi connectivity index (χ1v) is 10.7. The van der Waals surface area contributed by atoms with E-state index in [-0.39, 0.29) is 13.0 Å². The molecule has 0 fully saturated rings. The Kier molecular flexibility index (Phi) is 10.4. The molecule has 0 saturated carbocycles. The first kappa shape index (κ1) is 25.4. The topological polar surface area (TPSA) is 88.9 Å². The van der Waals surface area contributed by atoms with Crippen molar-refractivity contribution in [3.8, 4) is 17.6 Å². The molecule has 2 rings (SSSR count). The molecule has 2 aromatic carbocycles. The molecule has 0 radical (unpaired) electrons. The van der Waals surface area contributed by atoms with Crippen LogP contribution in [-0.2, 0) is 14.3 Å². The van der Waals surface area contributed by atoms with Gasteiger partial charge in [0.2, 0.25) is 0 Å². The predicted molar refractivity (Wildman–Crippen MR) is 122 cm³/mol. The lowest BCUT2D eigenvalue weighted by Gasteiger charge is -2.21. The lowest BCUT2D eigenvalue weighted by atomic mass is 10.2. The van der Waals surface area contributed by atoms with E-state index in [0.717, 1.165) is 6.42 Å². The number of carbonyl (C=O) groups is 2. The van der Waals surface area contributed by atoms with Crippen LogP contribution in [0.4, 0.5) is 10.1 Å². The van der Waals surface area contributed by atoms with Gasteiger partial charge in [0.15, 0.2) is 18.1 Å². The summed E-state index contributed by atoms with van der Waals surface area (Å²) in [6, 6.07) is 12.5. The number of nitriles is 1. The fourth-order valence-electron chi connectivity index (χ4n) is 2.83. The van der Waals surface area contributed by atoms with Crippen molar-refractivity contribution in [3.63, 3.8) is 0 Å². The Hall–Kier alpha value is -3.86. The maximum Gasteiger partial charge on any atom is 0.331 e. The molecule has 174 valence electrons. The number of anilines is 1. The number of hydrogen-bond acceptors (Lipinski definition) is 6. The van der Waals surface area contributed by atoms with Gasteiger partial charge in [0.25, 0.3) is 5.91 Å². The van der Waals surface area contributed by atoms with Crippen LogP contribution in [0, 0.1) is 17.1 Å². The third kappa shape index (κ3) is 8.30. The van der Waals surface area contributed by atoms with Gasteiger partial charge in [-0.3, -0.25) is 4.79 Å². The maximum absolute atomic E-state index is 13.2. The van der Waals surface area contributed by atoms with Crippen LogP contribution in [0.1, 0.15) is 32.3 Å². The number of halogens is 1. The lowest BCUT2D eigenvalue weighted by Crippen LogP contribution is -2.35. The number of esters is 1. The highest BCUT2D eigenvalue weighted by Crippen LogP contribution is 2.29. The Morgan fingerprint density at radius 3 is 2.52 bits per heavy atom. The molecule has 0 aromatic heterocycles. The SMILES string of the molecule is CCCOc1ccc(/C=C/C(=O)OCC(=O)N(CCC#N)c2ccc(F)cc2)cc1OCC. The van der Waals surface area contributed by atoms with Crippen molar-refractivity contribution < 1.29 is 28.2 Å². The molecule has 0 aliphatic rings. The van der Waals surface area contributed by atoms with Gasteiger partial charge >= 0.3 is 5.97 Å². The van der Waals surface area contributed by atoms with Gasteiger partial charge < -0.3 is 19.1 Å². The van der Waals surface area contributed by atoms with E-state index in [2.05, 4.69) is 0 Å². The molecular weight excluding hydrogens is 427 g/mol. The Balaban J connectivity index is 1.99. The van der Waals surface area contributed by atoms with Gasteiger partial charge in [-0.2, -0.15) is 5.26 Å². The van der Waals surface area contributed by atoms with E-state index in [4.69, 9.17) is 19.5 Å². The minimum Gasteiger partial charge on any atom is -0.490 e. The van der Waals surface area contributed by atoms with E-state index in [1.165, 1.54) is 35.2 Å². The Labute approximate surface area is 193 Å². The molecule has 0 bridgehead atoms. The third-order valence-electron chi connectivity index (χ3n) is 4.37.